The number of fused-ring (bicyclic) bond motifs is 1. The molecular formula is C12H14OS. The van der Waals surface area contributed by atoms with Crippen LogP contribution in [0, 0.1) is 5.41 Å². The number of ketones is 1. The Labute approximate surface area is 88.5 Å². The molecule has 0 amide bonds. The lowest BCUT2D eigenvalue weighted by molar-refractivity contribution is 0.105. The van der Waals surface area contributed by atoms with Crippen LogP contribution in [0.1, 0.15) is 34.0 Å². The first-order valence-electron chi connectivity index (χ1n) is 4.80. The monoisotopic (exact) mass is 206 g/mol. The first kappa shape index (κ1) is 9.66. The lowest BCUT2D eigenvalue weighted by atomic mass is 9.91. The van der Waals surface area contributed by atoms with Gasteiger partial charge in [-0.3, -0.25) is 4.79 Å². The lowest BCUT2D eigenvalue weighted by Gasteiger charge is -2.15. The Kier molecular flexibility index (Phi) is 2.11. The molecule has 14 heavy (non-hydrogen) atoms. The molecule has 0 fully saturated rings. The molecule has 0 spiro atoms. The number of allylic oxidation sites excluding steroid dienone is 1. The molecule has 0 aromatic carbocycles. The highest BCUT2D eigenvalue weighted by Crippen LogP contribution is 2.40. The van der Waals surface area contributed by atoms with Gasteiger partial charge >= 0.3 is 0 Å². The summed E-state index contributed by atoms with van der Waals surface area (Å²) in [5.41, 5.74) is 1.75. The molecule has 1 heterocycles. The van der Waals surface area contributed by atoms with Crippen molar-refractivity contribution in [2.24, 2.45) is 5.41 Å². The molecule has 1 nitrogen and oxygen atoms in total. The zero-order chi connectivity index (χ0) is 10.3. The molecule has 74 valence electrons. The molecule has 1 aliphatic carbocycles. The predicted octanol–water partition coefficient (Wildman–Crippen LogP) is 3.24. The highest BCUT2D eigenvalue weighted by molar-refractivity contribution is 7.14. The molecule has 0 unspecified atom stereocenters. The average Bonchev–Trinajstić information content (AvgIpc) is 2.56. The molecule has 1 aromatic rings. The molecule has 0 aliphatic heterocycles. The number of thiophene rings is 1. The fourth-order valence-corrected chi connectivity index (χ4v) is 3.38. The van der Waals surface area contributed by atoms with E-state index in [0.29, 0.717) is 5.41 Å². The van der Waals surface area contributed by atoms with Crippen molar-refractivity contribution >= 4 is 17.1 Å². The zero-order valence-corrected chi connectivity index (χ0v) is 9.41. The highest BCUT2D eigenvalue weighted by atomic mass is 32.1. The van der Waals surface area contributed by atoms with Crippen molar-refractivity contribution in [1.82, 2.24) is 0 Å². The quantitative estimate of drug-likeness (QED) is 0.536. The molecule has 0 atom stereocenters. The van der Waals surface area contributed by atoms with Crippen LogP contribution in [0.2, 0.25) is 0 Å². The van der Waals surface area contributed by atoms with Gasteiger partial charge in [-0.15, -0.1) is 11.3 Å². The van der Waals surface area contributed by atoms with Crippen LogP contribution >= 0.6 is 11.3 Å². The highest BCUT2D eigenvalue weighted by Gasteiger charge is 2.30. The van der Waals surface area contributed by atoms with Gasteiger partial charge in [0.2, 0.25) is 0 Å². The molecule has 0 saturated heterocycles. The van der Waals surface area contributed by atoms with Crippen LogP contribution in [0.5, 0.6) is 0 Å². The standard InChI is InChI=1S/C12H14OS/c1-4-9(13)10-5-8-6-12(2,3)7-11(8)14-10/h4-5H,1,6-7H2,2-3H3. The minimum absolute atomic E-state index is 0.0576. The van der Waals surface area contributed by atoms with Gasteiger partial charge in [0.25, 0.3) is 0 Å². The molecule has 1 aromatic heterocycles. The normalized spacial score (nSPS) is 17.9. The van der Waals surface area contributed by atoms with Gasteiger partial charge in [-0.1, -0.05) is 20.4 Å². The summed E-state index contributed by atoms with van der Waals surface area (Å²) < 4.78 is 0. The van der Waals surface area contributed by atoms with E-state index >= 15 is 0 Å². The minimum Gasteiger partial charge on any atom is -0.288 e. The van der Waals surface area contributed by atoms with Crippen molar-refractivity contribution in [3.05, 3.63) is 34.0 Å². The second kappa shape index (κ2) is 3.06. The summed E-state index contributed by atoms with van der Waals surface area (Å²) in [5.74, 6) is 0.0576. The Bertz CT molecular complexity index is 373. The minimum atomic E-state index is 0.0576. The second-order valence-corrected chi connectivity index (χ2v) is 5.78. The van der Waals surface area contributed by atoms with Crippen LogP contribution in [0.3, 0.4) is 0 Å². The summed E-state index contributed by atoms with van der Waals surface area (Å²) in [4.78, 5) is 13.6. The van der Waals surface area contributed by atoms with Gasteiger partial charge in [-0.25, -0.2) is 0 Å². The van der Waals surface area contributed by atoms with Gasteiger partial charge in [0.15, 0.2) is 5.78 Å². The van der Waals surface area contributed by atoms with E-state index in [2.05, 4.69) is 20.4 Å². The van der Waals surface area contributed by atoms with Crippen LogP contribution in [0.4, 0.5) is 0 Å². The smallest absolute Gasteiger partial charge is 0.195 e. The molecule has 2 rings (SSSR count). The van der Waals surface area contributed by atoms with E-state index in [1.807, 2.05) is 6.07 Å². The third-order valence-corrected chi connectivity index (χ3v) is 3.82. The summed E-state index contributed by atoms with van der Waals surface area (Å²) in [6, 6.07) is 2.04. The number of rotatable bonds is 2. The van der Waals surface area contributed by atoms with E-state index in [9.17, 15) is 4.79 Å². The first-order chi connectivity index (χ1) is 6.52. The SMILES string of the molecule is C=CC(=O)c1cc2c(s1)CC(C)(C)C2. The Morgan fingerprint density at radius 2 is 2.29 bits per heavy atom. The summed E-state index contributed by atoms with van der Waals surface area (Å²) in [6.07, 6.45) is 3.60. The summed E-state index contributed by atoms with van der Waals surface area (Å²) in [6.45, 7) is 8.05. The molecule has 0 saturated carbocycles. The third-order valence-electron chi connectivity index (χ3n) is 2.63. The average molecular weight is 206 g/mol. The van der Waals surface area contributed by atoms with Gasteiger partial charge in [0, 0.05) is 4.88 Å². The van der Waals surface area contributed by atoms with E-state index in [1.54, 1.807) is 11.3 Å². The Morgan fingerprint density at radius 3 is 2.86 bits per heavy atom. The van der Waals surface area contributed by atoms with Crippen LogP contribution in [-0.4, -0.2) is 5.78 Å². The Hall–Kier alpha value is -0.890. The van der Waals surface area contributed by atoms with E-state index in [4.69, 9.17) is 0 Å². The third kappa shape index (κ3) is 1.55. The lowest BCUT2D eigenvalue weighted by Crippen LogP contribution is -2.10. The fraction of sp³-hybridized carbons (Fsp3) is 0.417. The van der Waals surface area contributed by atoms with Crippen LogP contribution in [0.25, 0.3) is 0 Å². The molecule has 0 N–H and O–H groups in total. The Balaban J connectivity index is 2.31. The maximum atomic E-state index is 11.4. The molecular weight excluding hydrogens is 192 g/mol. The summed E-state index contributed by atoms with van der Waals surface area (Å²) >= 11 is 1.64. The van der Waals surface area contributed by atoms with E-state index in [0.717, 1.165) is 17.7 Å². The van der Waals surface area contributed by atoms with Crippen molar-refractivity contribution in [2.45, 2.75) is 26.7 Å². The summed E-state index contributed by atoms with van der Waals surface area (Å²) in [5, 5.41) is 0. The Morgan fingerprint density at radius 1 is 1.57 bits per heavy atom. The molecule has 0 radical (unpaired) electrons. The van der Waals surface area contributed by atoms with Crippen molar-refractivity contribution in [3.8, 4) is 0 Å². The second-order valence-electron chi connectivity index (χ2n) is 4.65. The van der Waals surface area contributed by atoms with Gasteiger partial charge < -0.3 is 0 Å². The van der Waals surface area contributed by atoms with Gasteiger partial charge in [-0.05, 0) is 36.0 Å². The van der Waals surface area contributed by atoms with E-state index in [-0.39, 0.29) is 5.78 Å². The topological polar surface area (TPSA) is 17.1 Å². The summed E-state index contributed by atoms with van der Waals surface area (Å²) in [7, 11) is 0. The maximum Gasteiger partial charge on any atom is 0.195 e. The molecule has 1 aliphatic rings. The van der Waals surface area contributed by atoms with Crippen LogP contribution < -0.4 is 0 Å². The van der Waals surface area contributed by atoms with Crippen LogP contribution in [-0.2, 0) is 12.8 Å². The molecule has 2 heteroatoms. The van der Waals surface area contributed by atoms with Crippen molar-refractivity contribution in [2.75, 3.05) is 0 Å². The predicted molar refractivity (Wildman–Crippen MR) is 60.0 cm³/mol. The van der Waals surface area contributed by atoms with Crippen molar-refractivity contribution in [1.29, 1.82) is 0 Å². The van der Waals surface area contributed by atoms with Crippen LogP contribution in [0.15, 0.2) is 18.7 Å². The maximum absolute atomic E-state index is 11.4. The van der Waals surface area contributed by atoms with Gasteiger partial charge in [0.1, 0.15) is 0 Å². The number of hydrogen-bond acceptors (Lipinski definition) is 2. The van der Waals surface area contributed by atoms with E-state index in [1.165, 1.54) is 16.5 Å². The van der Waals surface area contributed by atoms with Crippen molar-refractivity contribution < 1.29 is 4.79 Å². The van der Waals surface area contributed by atoms with Gasteiger partial charge in [0.05, 0.1) is 4.88 Å². The van der Waals surface area contributed by atoms with Crippen molar-refractivity contribution in [3.63, 3.8) is 0 Å². The first-order valence-corrected chi connectivity index (χ1v) is 5.62. The number of carbonyl (C=O) groups excluding carboxylic acids is 1. The number of hydrogen-bond donors (Lipinski definition) is 0. The zero-order valence-electron chi connectivity index (χ0n) is 8.59. The molecule has 0 bridgehead atoms. The number of carbonyl (C=O) groups is 1. The van der Waals surface area contributed by atoms with E-state index < -0.39 is 0 Å². The largest absolute Gasteiger partial charge is 0.288 e. The van der Waals surface area contributed by atoms with Gasteiger partial charge in [-0.2, -0.15) is 0 Å². The fourth-order valence-electron chi connectivity index (χ4n) is 2.00.